The zero-order valence-electron chi connectivity index (χ0n) is 13.2. The number of hydrogen-bond donors (Lipinski definition) is 0. The van der Waals surface area contributed by atoms with Gasteiger partial charge >= 0.3 is 0 Å². The van der Waals surface area contributed by atoms with Crippen molar-refractivity contribution in [2.45, 2.75) is 19.2 Å². The average molecular weight is 319 g/mol. The molecule has 0 saturated carbocycles. The van der Waals surface area contributed by atoms with Crippen molar-refractivity contribution in [2.75, 3.05) is 33.3 Å². The van der Waals surface area contributed by atoms with Crippen LogP contribution in [0.5, 0.6) is 0 Å². The maximum atomic E-state index is 12.3. The minimum Gasteiger partial charge on any atom is -0.467 e. The summed E-state index contributed by atoms with van der Waals surface area (Å²) in [6, 6.07) is 3.69. The molecule has 0 spiro atoms. The summed E-state index contributed by atoms with van der Waals surface area (Å²) in [6.45, 7) is 3.60. The Morgan fingerprint density at radius 3 is 3.17 bits per heavy atom. The second-order valence-corrected chi connectivity index (χ2v) is 5.67. The summed E-state index contributed by atoms with van der Waals surface area (Å²) in [7, 11) is 1.79. The van der Waals surface area contributed by atoms with E-state index in [1.807, 2.05) is 12.1 Å². The number of amides is 1. The Kier molecular flexibility index (Phi) is 5.04. The van der Waals surface area contributed by atoms with Crippen molar-refractivity contribution in [2.24, 2.45) is 0 Å². The molecule has 124 valence electrons. The van der Waals surface area contributed by atoms with E-state index in [-0.39, 0.29) is 12.0 Å². The van der Waals surface area contributed by atoms with Crippen LogP contribution in [-0.4, -0.2) is 69.9 Å². The third-order valence-electron chi connectivity index (χ3n) is 3.84. The molecule has 0 radical (unpaired) electrons. The van der Waals surface area contributed by atoms with Gasteiger partial charge in [-0.2, -0.15) is 5.10 Å². The minimum atomic E-state index is 0.0219. The van der Waals surface area contributed by atoms with Gasteiger partial charge in [-0.05, 0) is 12.1 Å². The third-order valence-corrected chi connectivity index (χ3v) is 3.84. The number of carbonyl (C=O) groups excluding carboxylic acids is 1. The van der Waals surface area contributed by atoms with Crippen molar-refractivity contribution in [3.8, 4) is 0 Å². The van der Waals surface area contributed by atoms with E-state index in [9.17, 15) is 4.79 Å². The summed E-state index contributed by atoms with van der Waals surface area (Å²) < 4.78 is 12.8. The normalized spacial score (nSPS) is 18.9. The second-order valence-electron chi connectivity index (χ2n) is 5.67. The first-order valence-electron chi connectivity index (χ1n) is 7.63. The van der Waals surface area contributed by atoms with Gasteiger partial charge in [0, 0.05) is 20.1 Å². The highest BCUT2D eigenvalue weighted by Gasteiger charge is 2.24. The van der Waals surface area contributed by atoms with E-state index in [1.165, 1.54) is 6.33 Å². The largest absolute Gasteiger partial charge is 0.467 e. The average Bonchev–Trinajstić information content (AvgIpc) is 3.21. The fraction of sp³-hybridized carbons (Fsp3) is 0.533. The van der Waals surface area contributed by atoms with Gasteiger partial charge in [0.2, 0.25) is 5.91 Å². The predicted molar refractivity (Wildman–Crippen MR) is 81.4 cm³/mol. The topological polar surface area (TPSA) is 76.6 Å². The molecule has 2 aromatic rings. The fourth-order valence-electron chi connectivity index (χ4n) is 2.61. The van der Waals surface area contributed by atoms with E-state index in [0.717, 1.165) is 12.3 Å². The van der Waals surface area contributed by atoms with Crippen LogP contribution < -0.4 is 0 Å². The zero-order chi connectivity index (χ0) is 16.1. The first kappa shape index (κ1) is 15.7. The van der Waals surface area contributed by atoms with Gasteiger partial charge in [-0.15, -0.1) is 0 Å². The lowest BCUT2D eigenvalue weighted by Crippen LogP contribution is -2.48. The Labute approximate surface area is 134 Å². The van der Waals surface area contributed by atoms with Gasteiger partial charge in [0.1, 0.15) is 18.4 Å². The summed E-state index contributed by atoms with van der Waals surface area (Å²) in [5, 5.41) is 4.09. The lowest BCUT2D eigenvalue weighted by molar-refractivity contribution is -0.134. The monoisotopic (exact) mass is 319 g/mol. The molecule has 8 heteroatoms. The van der Waals surface area contributed by atoms with Crippen LogP contribution in [0.15, 0.2) is 35.5 Å². The molecule has 0 unspecified atom stereocenters. The molecule has 0 N–H and O–H groups in total. The van der Waals surface area contributed by atoms with Crippen LogP contribution in [0.4, 0.5) is 0 Å². The van der Waals surface area contributed by atoms with E-state index in [1.54, 1.807) is 29.2 Å². The van der Waals surface area contributed by atoms with Crippen LogP contribution in [-0.2, 0) is 22.6 Å². The van der Waals surface area contributed by atoms with Crippen LogP contribution in [0.2, 0.25) is 0 Å². The molecule has 1 aliphatic heterocycles. The van der Waals surface area contributed by atoms with Crippen LogP contribution in [0.3, 0.4) is 0 Å². The molecule has 2 aromatic heterocycles. The third kappa shape index (κ3) is 4.40. The molecule has 1 saturated heterocycles. The number of aromatic nitrogens is 3. The number of morpholine rings is 1. The summed E-state index contributed by atoms with van der Waals surface area (Å²) in [5.74, 6) is 0.856. The molecule has 3 heterocycles. The van der Waals surface area contributed by atoms with Crippen LogP contribution in [0.1, 0.15) is 5.76 Å². The van der Waals surface area contributed by atoms with Gasteiger partial charge < -0.3 is 14.1 Å². The summed E-state index contributed by atoms with van der Waals surface area (Å²) in [5.41, 5.74) is 0. The lowest BCUT2D eigenvalue weighted by Gasteiger charge is -2.33. The molecule has 3 rings (SSSR count). The maximum absolute atomic E-state index is 12.3. The van der Waals surface area contributed by atoms with Crippen molar-refractivity contribution in [3.05, 3.63) is 36.8 Å². The highest BCUT2D eigenvalue weighted by molar-refractivity contribution is 5.77. The summed E-state index contributed by atoms with van der Waals surface area (Å²) >= 11 is 0. The molecule has 1 amide bonds. The van der Waals surface area contributed by atoms with Gasteiger partial charge in [-0.25, -0.2) is 4.98 Å². The molecule has 1 atom stereocenters. The number of furan rings is 1. The number of nitrogens with zero attached hydrogens (tertiary/aromatic N) is 5. The standard InChI is InChI=1S/C15H21N5O3/c1-18(7-13-3-2-5-22-13)15(21)10-19-4-6-23-14(8-19)9-20-12-16-11-17-20/h2-3,5,11-12,14H,4,6-10H2,1H3/t14-/m0/s1. The van der Waals surface area contributed by atoms with Gasteiger partial charge in [-0.3, -0.25) is 14.4 Å². The highest BCUT2D eigenvalue weighted by atomic mass is 16.5. The first-order chi connectivity index (χ1) is 11.2. The molecule has 0 bridgehead atoms. The molecular weight excluding hydrogens is 298 g/mol. The van der Waals surface area contributed by atoms with Gasteiger partial charge in [0.05, 0.1) is 38.6 Å². The van der Waals surface area contributed by atoms with Crippen LogP contribution in [0.25, 0.3) is 0 Å². The fourth-order valence-corrected chi connectivity index (χ4v) is 2.61. The number of rotatable bonds is 6. The maximum Gasteiger partial charge on any atom is 0.236 e. The molecule has 1 aliphatic rings. The minimum absolute atomic E-state index is 0.0219. The number of likely N-dealkylation sites (N-methyl/N-ethyl adjacent to an activating group) is 1. The van der Waals surface area contributed by atoms with E-state index in [4.69, 9.17) is 9.15 Å². The Balaban J connectivity index is 1.47. The van der Waals surface area contributed by atoms with Gasteiger partial charge in [0.15, 0.2) is 0 Å². The van der Waals surface area contributed by atoms with Crippen molar-refractivity contribution in [1.29, 1.82) is 0 Å². The number of carbonyl (C=O) groups is 1. The van der Waals surface area contributed by atoms with Gasteiger partial charge in [-0.1, -0.05) is 0 Å². The Bertz CT molecular complexity index is 599. The van der Waals surface area contributed by atoms with Crippen molar-refractivity contribution >= 4 is 5.91 Å². The highest BCUT2D eigenvalue weighted by Crippen LogP contribution is 2.09. The summed E-state index contributed by atoms with van der Waals surface area (Å²) in [6.07, 6.45) is 4.82. The van der Waals surface area contributed by atoms with Crippen molar-refractivity contribution in [1.82, 2.24) is 24.6 Å². The van der Waals surface area contributed by atoms with Crippen molar-refractivity contribution in [3.63, 3.8) is 0 Å². The molecule has 8 nitrogen and oxygen atoms in total. The Morgan fingerprint density at radius 2 is 2.43 bits per heavy atom. The summed E-state index contributed by atoms with van der Waals surface area (Å²) in [4.78, 5) is 20.1. The number of ether oxygens (including phenoxy) is 1. The van der Waals surface area contributed by atoms with Crippen LogP contribution in [0, 0.1) is 0 Å². The number of hydrogen-bond acceptors (Lipinski definition) is 6. The van der Waals surface area contributed by atoms with E-state index in [2.05, 4.69) is 15.0 Å². The van der Waals surface area contributed by atoms with E-state index >= 15 is 0 Å². The first-order valence-corrected chi connectivity index (χ1v) is 7.63. The van der Waals surface area contributed by atoms with Crippen molar-refractivity contribution < 1.29 is 13.9 Å². The predicted octanol–water partition coefficient (Wildman–Crippen LogP) is 0.230. The molecular formula is C15H21N5O3. The SMILES string of the molecule is CN(Cc1ccco1)C(=O)CN1CCO[C@H](Cn2cncn2)C1. The Morgan fingerprint density at radius 1 is 1.52 bits per heavy atom. The Hall–Kier alpha value is -2.19. The second kappa shape index (κ2) is 7.38. The molecule has 0 aliphatic carbocycles. The van der Waals surface area contributed by atoms with E-state index < -0.39 is 0 Å². The lowest BCUT2D eigenvalue weighted by atomic mass is 10.2. The van der Waals surface area contributed by atoms with Crippen LogP contribution >= 0.6 is 0 Å². The smallest absolute Gasteiger partial charge is 0.236 e. The zero-order valence-corrected chi connectivity index (χ0v) is 13.2. The van der Waals surface area contributed by atoms with E-state index in [0.29, 0.717) is 32.8 Å². The molecule has 0 aromatic carbocycles. The quantitative estimate of drug-likeness (QED) is 0.759. The molecule has 23 heavy (non-hydrogen) atoms. The molecule has 1 fully saturated rings. The van der Waals surface area contributed by atoms with Gasteiger partial charge in [0.25, 0.3) is 0 Å².